The molecule has 3 heterocycles. The van der Waals surface area contributed by atoms with E-state index in [0.717, 1.165) is 11.3 Å². The molecule has 0 fully saturated rings. The first-order valence-electron chi connectivity index (χ1n) is 8.77. The topological polar surface area (TPSA) is 95.3 Å². The first-order chi connectivity index (χ1) is 14.1. The van der Waals surface area contributed by atoms with Crippen LogP contribution < -0.4 is 4.90 Å². The lowest BCUT2D eigenvalue weighted by molar-refractivity contribution is -0.140. The lowest BCUT2D eigenvalue weighted by atomic mass is 10.1. The van der Waals surface area contributed by atoms with E-state index in [-0.39, 0.29) is 24.6 Å². The van der Waals surface area contributed by atoms with Crippen molar-refractivity contribution >= 4 is 23.4 Å². The quantitative estimate of drug-likeness (QED) is 0.618. The van der Waals surface area contributed by atoms with E-state index >= 15 is 0 Å². The zero-order valence-electron chi connectivity index (χ0n) is 15.9. The second-order valence-electron chi connectivity index (χ2n) is 6.22. The summed E-state index contributed by atoms with van der Waals surface area (Å²) < 4.78 is 17.0. The van der Waals surface area contributed by atoms with Gasteiger partial charge in [-0.3, -0.25) is 4.40 Å². The SMILES string of the molecule is COC(=O)C1=C(C(=O)OC)N(c2cccc(-c3cn4cccnc4n3)c2)COC1. The number of methoxy groups -OCH3 is 2. The van der Waals surface area contributed by atoms with Gasteiger partial charge in [0.15, 0.2) is 0 Å². The van der Waals surface area contributed by atoms with Crippen LogP contribution in [-0.4, -0.2) is 53.9 Å². The highest BCUT2D eigenvalue weighted by Gasteiger charge is 2.32. The van der Waals surface area contributed by atoms with Crippen LogP contribution in [0.15, 0.2) is 60.2 Å². The highest BCUT2D eigenvalue weighted by atomic mass is 16.5. The maximum Gasteiger partial charge on any atom is 0.355 e. The summed E-state index contributed by atoms with van der Waals surface area (Å²) in [4.78, 5) is 34.9. The van der Waals surface area contributed by atoms with Gasteiger partial charge in [0.1, 0.15) is 12.4 Å². The molecule has 0 aliphatic carbocycles. The maximum atomic E-state index is 12.4. The number of hydrogen-bond donors (Lipinski definition) is 0. The molecule has 0 radical (unpaired) electrons. The summed E-state index contributed by atoms with van der Waals surface area (Å²) >= 11 is 0. The molecule has 1 aliphatic rings. The highest BCUT2D eigenvalue weighted by molar-refractivity contribution is 6.03. The summed E-state index contributed by atoms with van der Waals surface area (Å²) in [7, 11) is 2.51. The number of benzene rings is 1. The summed E-state index contributed by atoms with van der Waals surface area (Å²) in [5.41, 5.74) is 2.39. The standard InChI is InChI=1S/C20H18N4O5/c1-27-18(25)15-11-29-12-24(17(15)19(26)28-2)14-6-3-5-13(9-14)16-10-23-8-4-7-21-20(23)22-16/h3-10H,11-12H2,1-2H3. The largest absolute Gasteiger partial charge is 0.466 e. The number of hydrogen-bond acceptors (Lipinski definition) is 8. The zero-order chi connectivity index (χ0) is 20.4. The van der Waals surface area contributed by atoms with Gasteiger partial charge in [-0.05, 0) is 18.2 Å². The molecule has 9 heteroatoms. The minimum atomic E-state index is -0.643. The van der Waals surface area contributed by atoms with Crippen LogP contribution in [-0.2, 0) is 23.8 Å². The Labute approximate surface area is 166 Å². The third kappa shape index (κ3) is 3.43. The van der Waals surface area contributed by atoms with Gasteiger partial charge < -0.3 is 19.1 Å². The minimum absolute atomic E-state index is 0.0363. The molecule has 0 amide bonds. The molecule has 148 valence electrons. The summed E-state index contributed by atoms with van der Waals surface area (Å²) in [5, 5.41) is 0. The number of nitrogens with zero attached hydrogens (tertiary/aromatic N) is 4. The monoisotopic (exact) mass is 394 g/mol. The maximum absolute atomic E-state index is 12.4. The molecule has 2 aromatic heterocycles. The zero-order valence-corrected chi connectivity index (χ0v) is 15.9. The van der Waals surface area contributed by atoms with Crippen LogP contribution in [0.4, 0.5) is 5.69 Å². The number of esters is 2. The predicted molar refractivity (Wildman–Crippen MR) is 103 cm³/mol. The van der Waals surface area contributed by atoms with Gasteiger partial charge in [0, 0.05) is 29.8 Å². The average Bonchev–Trinajstić information content (AvgIpc) is 3.22. The smallest absolute Gasteiger partial charge is 0.355 e. The van der Waals surface area contributed by atoms with Crippen LogP contribution in [0.25, 0.3) is 17.0 Å². The molecule has 3 aromatic rings. The first kappa shape index (κ1) is 18.6. The van der Waals surface area contributed by atoms with Crippen LogP contribution in [0.2, 0.25) is 0 Å². The Morgan fingerprint density at radius 2 is 1.97 bits per heavy atom. The number of carbonyl (C=O) groups excluding carboxylic acids is 2. The number of anilines is 1. The van der Waals surface area contributed by atoms with Gasteiger partial charge in [-0.15, -0.1) is 0 Å². The Kier molecular flexibility index (Phi) is 4.96. The number of imidazole rings is 1. The van der Waals surface area contributed by atoms with E-state index in [0.29, 0.717) is 11.5 Å². The van der Waals surface area contributed by atoms with Gasteiger partial charge in [0.25, 0.3) is 0 Å². The van der Waals surface area contributed by atoms with Crippen LogP contribution >= 0.6 is 0 Å². The number of fused-ring (bicyclic) bond motifs is 1. The van der Waals surface area contributed by atoms with Crippen LogP contribution in [0.3, 0.4) is 0 Å². The molecule has 9 nitrogen and oxygen atoms in total. The van der Waals surface area contributed by atoms with Crippen molar-refractivity contribution in [3.63, 3.8) is 0 Å². The van der Waals surface area contributed by atoms with Crippen molar-refractivity contribution in [3.8, 4) is 11.3 Å². The molecule has 4 rings (SSSR count). The van der Waals surface area contributed by atoms with Crippen molar-refractivity contribution in [2.24, 2.45) is 0 Å². The van der Waals surface area contributed by atoms with Crippen molar-refractivity contribution in [3.05, 3.63) is 60.2 Å². The second-order valence-corrected chi connectivity index (χ2v) is 6.22. The van der Waals surface area contributed by atoms with E-state index in [2.05, 4.69) is 9.97 Å². The van der Waals surface area contributed by atoms with Gasteiger partial charge in [-0.2, -0.15) is 0 Å². The lowest BCUT2D eigenvalue weighted by Gasteiger charge is -2.31. The Hall–Kier alpha value is -3.72. The Balaban J connectivity index is 1.78. The number of ether oxygens (including phenoxy) is 3. The Morgan fingerprint density at radius 1 is 1.14 bits per heavy atom. The van der Waals surface area contributed by atoms with E-state index in [1.54, 1.807) is 11.1 Å². The minimum Gasteiger partial charge on any atom is -0.466 e. The fourth-order valence-corrected chi connectivity index (χ4v) is 3.15. The van der Waals surface area contributed by atoms with Crippen LogP contribution in [0.5, 0.6) is 0 Å². The normalized spacial score (nSPS) is 14.2. The fourth-order valence-electron chi connectivity index (χ4n) is 3.15. The fraction of sp³-hybridized carbons (Fsp3) is 0.200. The number of carbonyl (C=O) groups is 2. The second kappa shape index (κ2) is 7.72. The number of aromatic nitrogens is 3. The Morgan fingerprint density at radius 3 is 2.72 bits per heavy atom. The van der Waals surface area contributed by atoms with Gasteiger partial charge in [0.2, 0.25) is 5.78 Å². The van der Waals surface area contributed by atoms with Crippen molar-refractivity contribution in [2.45, 2.75) is 0 Å². The van der Waals surface area contributed by atoms with Crippen molar-refractivity contribution < 1.29 is 23.8 Å². The lowest BCUT2D eigenvalue weighted by Crippen LogP contribution is -2.38. The molecule has 1 aromatic carbocycles. The van der Waals surface area contributed by atoms with Gasteiger partial charge in [-0.25, -0.2) is 19.6 Å². The average molecular weight is 394 g/mol. The molecule has 0 unspecified atom stereocenters. The molecule has 0 saturated carbocycles. The van der Waals surface area contributed by atoms with E-state index in [1.807, 2.05) is 47.1 Å². The Bertz CT molecular complexity index is 1090. The van der Waals surface area contributed by atoms with Crippen molar-refractivity contribution in [2.75, 3.05) is 32.5 Å². The van der Waals surface area contributed by atoms with Gasteiger partial charge >= 0.3 is 11.9 Å². The highest BCUT2D eigenvalue weighted by Crippen LogP contribution is 2.30. The van der Waals surface area contributed by atoms with Crippen molar-refractivity contribution in [1.29, 1.82) is 0 Å². The first-order valence-corrected chi connectivity index (χ1v) is 8.77. The molecule has 29 heavy (non-hydrogen) atoms. The third-order valence-corrected chi connectivity index (χ3v) is 4.52. The predicted octanol–water partition coefficient (Wildman–Crippen LogP) is 1.79. The van der Waals surface area contributed by atoms with Crippen LogP contribution in [0.1, 0.15) is 0 Å². The third-order valence-electron chi connectivity index (χ3n) is 4.52. The molecule has 0 bridgehead atoms. The molecule has 0 atom stereocenters. The molecule has 0 spiro atoms. The van der Waals surface area contributed by atoms with Crippen molar-refractivity contribution in [1.82, 2.24) is 14.4 Å². The van der Waals surface area contributed by atoms with E-state index in [9.17, 15) is 9.59 Å². The molecular weight excluding hydrogens is 376 g/mol. The molecule has 0 saturated heterocycles. The van der Waals surface area contributed by atoms with Gasteiger partial charge in [0.05, 0.1) is 32.1 Å². The summed E-state index contributed by atoms with van der Waals surface area (Å²) in [5.74, 6) is -0.703. The molecular formula is C20H18N4O5. The summed E-state index contributed by atoms with van der Waals surface area (Å²) in [6.45, 7) is 0.0481. The number of rotatable bonds is 4. The molecule has 1 aliphatic heterocycles. The summed E-state index contributed by atoms with van der Waals surface area (Å²) in [6, 6.07) is 9.22. The van der Waals surface area contributed by atoms with E-state index in [1.165, 1.54) is 14.2 Å². The van der Waals surface area contributed by atoms with E-state index < -0.39 is 11.9 Å². The van der Waals surface area contributed by atoms with E-state index in [4.69, 9.17) is 14.2 Å². The summed E-state index contributed by atoms with van der Waals surface area (Å²) in [6.07, 6.45) is 5.41. The molecule has 0 N–H and O–H groups in total. The van der Waals surface area contributed by atoms with Crippen LogP contribution in [0, 0.1) is 0 Å². The van der Waals surface area contributed by atoms with Gasteiger partial charge in [-0.1, -0.05) is 12.1 Å².